The first-order valence-electron chi connectivity index (χ1n) is 6.05. The summed E-state index contributed by atoms with van der Waals surface area (Å²) in [5.41, 5.74) is 6.50. The Morgan fingerprint density at radius 3 is 2.32 bits per heavy atom. The molecule has 2 N–H and O–H groups in total. The van der Waals surface area contributed by atoms with E-state index in [4.69, 9.17) is 18.0 Å². The number of likely N-dealkylation sites (N-methyl/N-ethyl adjacent to an activating group) is 1. The van der Waals surface area contributed by atoms with Crippen molar-refractivity contribution in [2.45, 2.75) is 25.8 Å². The van der Waals surface area contributed by atoms with E-state index in [1.54, 1.807) is 6.92 Å². The predicted molar refractivity (Wildman–Crippen MR) is 82.7 cm³/mol. The molecular weight excluding hydrogens is 280 g/mol. The zero-order chi connectivity index (χ0) is 14.6. The predicted octanol–water partition coefficient (Wildman–Crippen LogP) is 1.73. The molecule has 0 spiro atoms. The van der Waals surface area contributed by atoms with Crippen molar-refractivity contribution < 1.29 is 8.42 Å². The molecule has 1 rings (SSSR count). The summed E-state index contributed by atoms with van der Waals surface area (Å²) in [6, 6.07) is 9.10. The molecule has 0 saturated heterocycles. The van der Waals surface area contributed by atoms with Crippen LogP contribution in [0, 0.1) is 0 Å². The van der Waals surface area contributed by atoms with Gasteiger partial charge in [0.25, 0.3) is 0 Å². The van der Waals surface area contributed by atoms with Gasteiger partial charge < -0.3 is 5.73 Å². The second kappa shape index (κ2) is 6.45. The average Bonchev–Trinajstić information content (AvgIpc) is 2.37. The highest BCUT2D eigenvalue weighted by atomic mass is 32.2. The molecule has 6 heteroatoms. The lowest BCUT2D eigenvalue weighted by Crippen LogP contribution is -2.44. The summed E-state index contributed by atoms with van der Waals surface area (Å²) in [6.07, 6.45) is 0. The lowest BCUT2D eigenvalue weighted by atomic mass is 10.0. The summed E-state index contributed by atoms with van der Waals surface area (Å²) in [4.78, 5) is 0.179. The normalized spacial score (nSPS) is 15.2. The Morgan fingerprint density at radius 1 is 1.32 bits per heavy atom. The maximum atomic E-state index is 12.3. The summed E-state index contributed by atoms with van der Waals surface area (Å²) >= 11 is 4.84. The van der Waals surface area contributed by atoms with Crippen LogP contribution < -0.4 is 5.73 Å². The van der Waals surface area contributed by atoms with Crippen LogP contribution in [0.5, 0.6) is 0 Å². The Kier molecular flexibility index (Phi) is 5.46. The quantitative estimate of drug-likeness (QED) is 0.813. The van der Waals surface area contributed by atoms with Crippen molar-refractivity contribution in [1.82, 2.24) is 4.31 Å². The summed E-state index contributed by atoms with van der Waals surface area (Å²) in [6.45, 7) is 3.58. The lowest BCUT2D eigenvalue weighted by Gasteiger charge is -2.25. The van der Waals surface area contributed by atoms with Gasteiger partial charge in [-0.3, -0.25) is 0 Å². The number of hydrogen-bond acceptors (Lipinski definition) is 3. The van der Waals surface area contributed by atoms with Crippen molar-refractivity contribution in [1.29, 1.82) is 0 Å². The van der Waals surface area contributed by atoms with Crippen LogP contribution in [0.25, 0.3) is 0 Å². The minimum absolute atomic E-state index is 0.0421. The molecular formula is C13H20N2O2S2. The van der Waals surface area contributed by atoms with Gasteiger partial charge in [0.1, 0.15) is 0 Å². The molecule has 2 unspecified atom stereocenters. The topological polar surface area (TPSA) is 63.4 Å². The van der Waals surface area contributed by atoms with Crippen LogP contribution in [-0.4, -0.2) is 36.6 Å². The van der Waals surface area contributed by atoms with Gasteiger partial charge in [-0.1, -0.05) is 49.5 Å². The first kappa shape index (κ1) is 16.1. The number of rotatable bonds is 6. The van der Waals surface area contributed by atoms with E-state index in [1.165, 1.54) is 11.4 Å². The minimum Gasteiger partial charge on any atom is -0.392 e. The largest absolute Gasteiger partial charge is 0.392 e. The first-order valence-corrected chi connectivity index (χ1v) is 8.07. The second-order valence-corrected chi connectivity index (χ2v) is 7.23. The van der Waals surface area contributed by atoms with E-state index in [0.717, 1.165) is 5.56 Å². The third-order valence-electron chi connectivity index (χ3n) is 3.23. The molecule has 0 amide bonds. The van der Waals surface area contributed by atoms with Gasteiger partial charge in [-0.15, -0.1) is 0 Å². The van der Waals surface area contributed by atoms with E-state index >= 15 is 0 Å². The Labute approximate surface area is 120 Å². The van der Waals surface area contributed by atoms with Crippen molar-refractivity contribution in [2.24, 2.45) is 5.73 Å². The minimum atomic E-state index is -3.39. The fraction of sp³-hybridized carbons (Fsp3) is 0.462. The number of nitrogens with two attached hydrogens (primary N) is 1. The number of benzene rings is 1. The Hall–Kier alpha value is -0.980. The first-order chi connectivity index (χ1) is 8.75. The molecule has 0 aliphatic rings. The van der Waals surface area contributed by atoms with Gasteiger partial charge in [0.15, 0.2) is 0 Å². The molecule has 0 saturated carbocycles. The van der Waals surface area contributed by atoms with E-state index < -0.39 is 16.1 Å². The maximum absolute atomic E-state index is 12.3. The molecule has 0 aliphatic heterocycles. The molecule has 0 heterocycles. The monoisotopic (exact) mass is 300 g/mol. The highest BCUT2D eigenvalue weighted by Crippen LogP contribution is 2.19. The van der Waals surface area contributed by atoms with Crippen molar-refractivity contribution in [3.8, 4) is 0 Å². The van der Waals surface area contributed by atoms with E-state index in [0.29, 0.717) is 0 Å². The third kappa shape index (κ3) is 4.26. The Balaban J connectivity index is 2.83. The van der Waals surface area contributed by atoms with E-state index in [9.17, 15) is 8.42 Å². The van der Waals surface area contributed by atoms with Crippen LogP contribution >= 0.6 is 12.2 Å². The standard InChI is InChI=1S/C13H20N2O2S2/c1-10(12-7-5-4-6-8-12)9-19(16,17)15(3)11(2)13(14)18/h4-8,10-11H,9H2,1-3H3,(H2,14,18). The van der Waals surface area contributed by atoms with Gasteiger partial charge in [0.2, 0.25) is 10.0 Å². The van der Waals surface area contributed by atoms with Crippen LogP contribution in [-0.2, 0) is 10.0 Å². The van der Waals surface area contributed by atoms with Crippen LogP contribution in [0.3, 0.4) is 0 Å². The zero-order valence-electron chi connectivity index (χ0n) is 11.4. The zero-order valence-corrected chi connectivity index (χ0v) is 13.0. The summed E-state index contributed by atoms with van der Waals surface area (Å²) in [7, 11) is -1.88. The number of thiocarbonyl (C=S) groups is 1. The van der Waals surface area contributed by atoms with Crippen molar-refractivity contribution in [3.63, 3.8) is 0 Å². The van der Waals surface area contributed by atoms with E-state index in [2.05, 4.69) is 0 Å². The molecule has 4 nitrogen and oxygen atoms in total. The fourth-order valence-electron chi connectivity index (χ4n) is 1.73. The SMILES string of the molecule is CC(CS(=O)(=O)N(C)C(C)C(N)=S)c1ccccc1. The van der Waals surface area contributed by atoms with E-state index in [1.807, 2.05) is 37.3 Å². The molecule has 106 valence electrons. The maximum Gasteiger partial charge on any atom is 0.215 e. The third-order valence-corrected chi connectivity index (χ3v) is 5.68. The molecule has 0 fully saturated rings. The van der Waals surface area contributed by atoms with Gasteiger partial charge in [-0.05, 0) is 18.4 Å². The summed E-state index contributed by atoms with van der Waals surface area (Å²) < 4.78 is 25.8. The number of sulfonamides is 1. The van der Waals surface area contributed by atoms with Crippen LogP contribution in [0.2, 0.25) is 0 Å². The molecule has 0 radical (unpaired) electrons. The van der Waals surface area contributed by atoms with Gasteiger partial charge >= 0.3 is 0 Å². The van der Waals surface area contributed by atoms with Crippen LogP contribution in [0.4, 0.5) is 0 Å². The summed E-state index contributed by atoms with van der Waals surface area (Å²) in [5, 5.41) is 0. The highest BCUT2D eigenvalue weighted by Gasteiger charge is 2.27. The van der Waals surface area contributed by atoms with Gasteiger partial charge in [0.05, 0.1) is 16.8 Å². The second-order valence-electron chi connectivity index (χ2n) is 4.68. The highest BCUT2D eigenvalue weighted by molar-refractivity contribution is 7.89. The van der Waals surface area contributed by atoms with E-state index in [-0.39, 0.29) is 16.7 Å². The van der Waals surface area contributed by atoms with Crippen molar-refractivity contribution >= 4 is 27.2 Å². The van der Waals surface area contributed by atoms with Crippen LogP contribution in [0.1, 0.15) is 25.3 Å². The van der Waals surface area contributed by atoms with Crippen molar-refractivity contribution in [3.05, 3.63) is 35.9 Å². The molecule has 1 aromatic rings. The lowest BCUT2D eigenvalue weighted by molar-refractivity contribution is 0.449. The van der Waals surface area contributed by atoms with Crippen LogP contribution in [0.15, 0.2) is 30.3 Å². The molecule has 0 bridgehead atoms. The molecule has 1 aromatic carbocycles. The molecule has 0 aliphatic carbocycles. The molecule has 2 atom stereocenters. The number of nitrogens with zero attached hydrogens (tertiary/aromatic N) is 1. The molecule has 19 heavy (non-hydrogen) atoms. The smallest absolute Gasteiger partial charge is 0.215 e. The Morgan fingerprint density at radius 2 is 1.84 bits per heavy atom. The van der Waals surface area contributed by atoms with Gasteiger partial charge in [-0.2, -0.15) is 4.31 Å². The fourth-order valence-corrected chi connectivity index (χ4v) is 3.61. The van der Waals surface area contributed by atoms with Gasteiger partial charge in [0, 0.05) is 7.05 Å². The summed E-state index contributed by atoms with van der Waals surface area (Å²) in [5.74, 6) is -0.0345. The average molecular weight is 300 g/mol. The van der Waals surface area contributed by atoms with Crippen molar-refractivity contribution in [2.75, 3.05) is 12.8 Å². The Bertz CT molecular complexity index is 529. The molecule has 0 aromatic heterocycles. The van der Waals surface area contributed by atoms with Gasteiger partial charge in [-0.25, -0.2) is 8.42 Å². The number of hydrogen-bond donors (Lipinski definition) is 1.